The van der Waals surface area contributed by atoms with Crippen LogP contribution in [0.1, 0.15) is 43.7 Å². The second kappa shape index (κ2) is 8.67. The summed E-state index contributed by atoms with van der Waals surface area (Å²) in [5, 5.41) is 4.08. The summed E-state index contributed by atoms with van der Waals surface area (Å²) >= 11 is 0. The number of nitrogens with one attached hydrogen (secondary N) is 1. The van der Waals surface area contributed by atoms with Gasteiger partial charge in [0, 0.05) is 43.6 Å². The van der Waals surface area contributed by atoms with Crippen molar-refractivity contribution in [2.45, 2.75) is 33.2 Å². The molecule has 3 heterocycles. The summed E-state index contributed by atoms with van der Waals surface area (Å²) in [4.78, 5) is 22.0. The van der Waals surface area contributed by atoms with E-state index in [1.807, 2.05) is 29.7 Å². The molecule has 0 aliphatic carbocycles. The van der Waals surface area contributed by atoms with Crippen molar-refractivity contribution in [1.29, 1.82) is 0 Å². The standard InChI is InChI=1S/C23H27N5O2/c1-4-30-14-8-13-24-22(29)20-15-19-21(28(20)23-25-11-7-12-26-23)17-9-5-6-10-18(17)27(19)16(2)3/h5-7,9-12,15-16H,4,8,13-14H2,1-3H3,(H,24,29). The van der Waals surface area contributed by atoms with Crippen molar-refractivity contribution in [3.05, 3.63) is 54.5 Å². The van der Waals surface area contributed by atoms with Crippen LogP contribution in [0, 0.1) is 0 Å². The highest BCUT2D eigenvalue weighted by Gasteiger charge is 2.24. The van der Waals surface area contributed by atoms with Gasteiger partial charge in [0.05, 0.1) is 16.6 Å². The number of benzene rings is 1. The zero-order chi connectivity index (χ0) is 21.1. The fourth-order valence-corrected chi connectivity index (χ4v) is 3.90. The third-order valence-electron chi connectivity index (χ3n) is 5.12. The van der Waals surface area contributed by atoms with Crippen LogP contribution in [-0.4, -0.2) is 44.8 Å². The van der Waals surface area contributed by atoms with Gasteiger partial charge >= 0.3 is 0 Å². The van der Waals surface area contributed by atoms with E-state index in [0.717, 1.165) is 28.4 Å². The third-order valence-corrected chi connectivity index (χ3v) is 5.12. The molecule has 0 atom stereocenters. The number of rotatable bonds is 8. The maximum absolute atomic E-state index is 13.1. The first-order valence-corrected chi connectivity index (χ1v) is 10.4. The molecule has 1 aromatic carbocycles. The van der Waals surface area contributed by atoms with Gasteiger partial charge in [0.1, 0.15) is 5.69 Å². The van der Waals surface area contributed by atoms with Gasteiger partial charge in [0.2, 0.25) is 5.95 Å². The molecule has 0 fully saturated rings. The van der Waals surface area contributed by atoms with Crippen LogP contribution in [0.25, 0.3) is 27.9 Å². The molecule has 0 aliphatic heterocycles. The Hall–Kier alpha value is -3.19. The Balaban J connectivity index is 1.86. The smallest absolute Gasteiger partial charge is 0.268 e. The van der Waals surface area contributed by atoms with E-state index in [1.54, 1.807) is 18.5 Å². The molecule has 0 spiro atoms. The first kappa shape index (κ1) is 20.1. The van der Waals surface area contributed by atoms with Crippen molar-refractivity contribution in [2.24, 2.45) is 0 Å². The Morgan fingerprint density at radius 2 is 1.90 bits per heavy atom. The molecule has 4 rings (SSSR count). The Morgan fingerprint density at radius 3 is 2.63 bits per heavy atom. The molecule has 4 aromatic rings. The molecule has 0 saturated carbocycles. The van der Waals surface area contributed by atoms with Gasteiger partial charge in [-0.05, 0) is 45.4 Å². The first-order valence-electron chi connectivity index (χ1n) is 10.4. The molecule has 156 valence electrons. The second-order valence-electron chi connectivity index (χ2n) is 7.43. The molecule has 0 saturated heterocycles. The number of ether oxygens (including phenoxy) is 1. The van der Waals surface area contributed by atoms with Crippen molar-refractivity contribution in [1.82, 2.24) is 24.4 Å². The van der Waals surface area contributed by atoms with Gasteiger partial charge < -0.3 is 14.6 Å². The van der Waals surface area contributed by atoms with Crippen molar-refractivity contribution in [2.75, 3.05) is 19.8 Å². The van der Waals surface area contributed by atoms with Crippen molar-refractivity contribution < 1.29 is 9.53 Å². The van der Waals surface area contributed by atoms with Gasteiger partial charge in [-0.1, -0.05) is 18.2 Å². The lowest BCUT2D eigenvalue weighted by Gasteiger charge is -2.11. The van der Waals surface area contributed by atoms with Crippen LogP contribution in [-0.2, 0) is 4.74 Å². The third kappa shape index (κ3) is 3.57. The highest BCUT2D eigenvalue weighted by atomic mass is 16.5. The number of aromatic nitrogens is 4. The van der Waals surface area contributed by atoms with E-state index in [1.165, 1.54) is 0 Å². The van der Waals surface area contributed by atoms with Crippen molar-refractivity contribution >= 4 is 27.8 Å². The average Bonchev–Trinajstić information content (AvgIpc) is 3.28. The maximum atomic E-state index is 13.1. The van der Waals surface area contributed by atoms with E-state index < -0.39 is 0 Å². The van der Waals surface area contributed by atoms with Crippen molar-refractivity contribution in [3.8, 4) is 5.95 Å². The van der Waals surface area contributed by atoms with Gasteiger partial charge in [-0.15, -0.1) is 0 Å². The minimum absolute atomic E-state index is 0.144. The summed E-state index contributed by atoms with van der Waals surface area (Å²) in [5.74, 6) is 0.341. The second-order valence-corrected chi connectivity index (χ2v) is 7.43. The highest BCUT2D eigenvalue weighted by molar-refractivity contribution is 6.11. The number of nitrogens with zero attached hydrogens (tertiary/aromatic N) is 4. The molecular weight excluding hydrogens is 378 g/mol. The van der Waals surface area contributed by atoms with E-state index in [-0.39, 0.29) is 11.9 Å². The van der Waals surface area contributed by atoms with Gasteiger partial charge in [-0.2, -0.15) is 0 Å². The fourth-order valence-electron chi connectivity index (χ4n) is 3.90. The molecule has 0 aliphatic rings. The number of carbonyl (C=O) groups is 1. The molecule has 7 nitrogen and oxygen atoms in total. The summed E-state index contributed by atoms with van der Waals surface area (Å²) in [7, 11) is 0. The lowest BCUT2D eigenvalue weighted by Crippen LogP contribution is -2.27. The fraction of sp³-hybridized carbons (Fsp3) is 0.348. The summed E-state index contributed by atoms with van der Waals surface area (Å²) in [6, 6.07) is 12.2. The number of amides is 1. The largest absolute Gasteiger partial charge is 0.382 e. The van der Waals surface area contributed by atoms with Crippen LogP contribution < -0.4 is 5.32 Å². The summed E-state index contributed by atoms with van der Waals surface area (Å²) in [5.41, 5.74) is 3.61. The molecule has 30 heavy (non-hydrogen) atoms. The Bertz CT molecular complexity index is 1160. The molecular formula is C23H27N5O2. The average molecular weight is 406 g/mol. The summed E-state index contributed by atoms with van der Waals surface area (Å²) in [6.07, 6.45) is 4.15. The van der Waals surface area contributed by atoms with E-state index in [4.69, 9.17) is 4.74 Å². The quantitative estimate of drug-likeness (QED) is 0.448. The van der Waals surface area contributed by atoms with Crippen LogP contribution in [0.15, 0.2) is 48.8 Å². The van der Waals surface area contributed by atoms with Crippen LogP contribution in [0.3, 0.4) is 0 Å². The van der Waals surface area contributed by atoms with Crippen molar-refractivity contribution in [3.63, 3.8) is 0 Å². The summed E-state index contributed by atoms with van der Waals surface area (Å²) in [6.45, 7) is 8.12. The molecule has 3 aromatic heterocycles. The van der Waals surface area contributed by atoms with E-state index in [2.05, 4.69) is 45.8 Å². The molecule has 1 amide bonds. The van der Waals surface area contributed by atoms with Crippen LogP contribution in [0.4, 0.5) is 0 Å². The van der Waals surface area contributed by atoms with Gasteiger partial charge in [0.25, 0.3) is 5.91 Å². The number of hydrogen-bond donors (Lipinski definition) is 1. The minimum atomic E-state index is -0.144. The first-order chi connectivity index (χ1) is 14.6. The Labute approximate surface area is 175 Å². The van der Waals surface area contributed by atoms with Crippen LogP contribution in [0.5, 0.6) is 0 Å². The zero-order valence-electron chi connectivity index (χ0n) is 17.6. The minimum Gasteiger partial charge on any atom is -0.382 e. The number of carbonyl (C=O) groups excluding carboxylic acids is 1. The van der Waals surface area contributed by atoms with E-state index >= 15 is 0 Å². The number of hydrogen-bond acceptors (Lipinski definition) is 4. The van der Waals surface area contributed by atoms with E-state index in [9.17, 15) is 4.79 Å². The zero-order valence-corrected chi connectivity index (χ0v) is 17.6. The molecule has 7 heteroatoms. The SMILES string of the molecule is CCOCCCNC(=O)c1cc2c(c3ccccc3n2C(C)C)n1-c1ncccn1. The molecule has 0 unspecified atom stereocenters. The lowest BCUT2D eigenvalue weighted by molar-refractivity contribution is 0.0937. The molecule has 0 radical (unpaired) electrons. The monoisotopic (exact) mass is 405 g/mol. The normalized spacial score (nSPS) is 11.6. The van der Waals surface area contributed by atoms with Crippen LogP contribution >= 0.6 is 0 Å². The predicted molar refractivity (Wildman–Crippen MR) is 118 cm³/mol. The maximum Gasteiger partial charge on any atom is 0.268 e. The van der Waals surface area contributed by atoms with Gasteiger partial charge in [0.15, 0.2) is 0 Å². The van der Waals surface area contributed by atoms with Gasteiger partial charge in [-0.3, -0.25) is 9.36 Å². The highest BCUT2D eigenvalue weighted by Crippen LogP contribution is 2.35. The lowest BCUT2D eigenvalue weighted by atomic mass is 10.2. The van der Waals surface area contributed by atoms with Crippen LogP contribution in [0.2, 0.25) is 0 Å². The number of fused-ring (bicyclic) bond motifs is 3. The van der Waals surface area contributed by atoms with E-state index in [0.29, 0.717) is 31.4 Å². The van der Waals surface area contributed by atoms with Gasteiger partial charge in [-0.25, -0.2) is 9.97 Å². The predicted octanol–water partition coefficient (Wildman–Crippen LogP) is 4.11. The number of para-hydroxylation sites is 1. The Morgan fingerprint density at radius 1 is 1.13 bits per heavy atom. The molecule has 1 N–H and O–H groups in total. The molecule has 0 bridgehead atoms. The summed E-state index contributed by atoms with van der Waals surface area (Å²) < 4.78 is 9.49. The Kier molecular flexibility index (Phi) is 5.81. The topological polar surface area (TPSA) is 74.0 Å².